The van der Waals surface area contributed by atoms with Crippen molar-refractivity contribution in [3.63, 3.8) is 0 Å². The molecule has 6 heteroatoms. The van der Waals surface area contributed by atoms with Crippen LogP contribution in [0, 0.1) is 0 Å². The average molecular weight is 386 g/mol. The van der Waals surface area contributed by atoms with Gasteiger partial charge in [-0.2, -0.15) is 0 Å². The molecule has 2 atom stereocenters. The van der Waals surface area contributed by atoms with Gasteiger partial charge in [0.2, 0.25) is 5.91 Å². The van der Waals surface area contributed by atoms with E-state index in [0.29, 0.717) is 12.6 Å². The van der Waals surface area contributed by atoms with Gasteiger partial charge in [-0.05, 0) is 49.4 Å². The lowest BCUT2D eigenvalue weighted by atomic mass is 10.0. The Balaban J connectivity index is 1.46. The SMILES string of the molecule is C[C@@H]1c2ccsc2CCN1CC(=O)N(C)[C@@H](C)c1nc2ccccc2s1. The molecule has 4 rings (SSSR count). The number of thiophene rings is 1. The van der Waals surface area contributed by atoms with Gasteiger partial charge in [0, 0.05) is 24.5 Å². The van der Waals surface area contributed by atoms with Crippen LogP contribution >= 0.6 is 22.7 Å². The molecule has 136 valence electrons. The highest BCUT2D eigenvalue weighted by Gasteiger charge is 2.28. The molecule has 3 heterocycles. The number of rotatable bonds is 4. The Labute approximate surface area is 162 Å². The summed E-state index contributed by atoms with van der Waals surface area (Å²) in [6.07, 6.45) is 1.04. The number of amides is 1. The fourth-order valence-corrected chi connectivity index (χ4v) is 5.54. The third-order valence-corrected chi connectivity index (χ3v) is 7.59. The van der Waals surface area contributed by atoms with Crippen LogP contribution in [0.3, 0.4) is 0 Å². The van der Waals surface area contributed by atoms with Crippen molar-refractivity contribution >= 4 is 38.8 Å². The van der Waals surface area contributed by atoms with Gasteiger partial charge in [0.05, 0.1) is 22.8 Å². The fraction of sp³-hybridized carbons (Fsp3) is 0.400. The van der Waals surface area contributed by atoms with Crippen molar-refractivity contribution in [2.24, 2.45) is 0 Å². The maximum atomic E-state index is 12.9. The number of thiazole rings is 1. The van der Waals surface area contributed by atoms with Crippen molar-refractivity contribution in [3.05, 3.63) is 51.2 Å². The number of para-hydroxylation sites is 1. The van der Waals surface area contributed by atoms with Crippen LogP contribution in [0.2, 0.25) is 0 Å². The van der Waals surface area contributed by atoms with Gasteiger partial charge in [0.15, 0.2) is 0 Å². The molecule has 26 heavy (non-hydrogen) atoms. The van der Waals surface area contributed by atoms with E-state index in [0.717, 1.165) is 23.5 Å². The molecule has 2 aromatic heterocycles. The Morgan fingerprint density at radius 3 is 3.00 bits per heavy atom. The molecule has 0 aliphatic carbocycles. The first-order chi connectivity index (χ1) is 12.5. The van der Waals surface area contributed by atoms with Gasteiger partial charge in [0.25, 0.3) is 0 Å². The molecule has 3 aromatic rings. The molecule has 0 radical (unpaired) electrons. The molecule has 1 aliphatic rings. The summed E-state index contributed by atoms with van der Waals surface area (Å²) in [5.41, 5.74) is 2.39. The first-order valence-corrected chi connectivity index (χ1v) is 10.7. The van der Waals surface area contributed by atoms with E-state index in [4.69, 9.17) is 4.98 Å². The van der Waals surface area contributed by atoms with Gasteiger partial charge < -0.3 is 4.90 Å². The Bertz CT molecular complexity index is 899. The molecule has 0 saturated carbocycles. The van der Waals surface area contributed by atoms with Gasteiger partial charge in [-0.25, -0.2) is 4.98 Å². The van der Waals surface area contributed by atoms with E-state index >= 15 is 0 Å². The van der Waals surface area contributed by atoms with Crippen molar-refractivity contribution in [3.8, 4) is 0 Å². The van der Waals surface area contributed by atoms with Crippen LogP contribution in [-0.4, -0.2) is 40.8 Å². The Kier molecular flexibility index (Phi) is 4.82. The molecule has 1 aromatic carbocycles. The van der Waals surface area contributed by atoms with Crippen molar-refractivity contribution in [1.29, 1.82) is 0 Å². The van der Waals surface area contributed by atoms with Gasteiger partial charge >= 0.3 is 0 Å². The number of carbonyl (C=O) groups excluding carboxylic acids is 1. The zero-order valence-electron chi connectivity index (χ0n) is 15.3. The van der Waals surface area contributed by atoms with Crippen LogP contribution in [-0.2, 0) is 11.2 Å². The normalized spacial score (nSPS) is 18.7. The molecule has 0 bridgehead atoms. The van der Waals surface area contributed by atoms with E-state index in [1.807, 2.05) is 41.5 Å². The summed E-state index contributed by atoms with van der Waals surface area (Å²) in [7, 11) is 1.89. The summed E-state index contributed by atoms with van der Waals surface area (Å²) in [5.74, 6) is 0.155. The quantitative estimate of drug-likeness (QED) is 0.664. The minimum Gasteiger partial charge on any atom is -0.335 e. The lowest BCUT2D eigenvalue weighted by Gasteiger charge is -2.34. The highest BCUT2D eigenvalue weighted by atomic mass is 32.1. The van der Waals surface area contributed by atoms with Crippen molar-refractivity contribution in [2.75, 3.05) is 20.1 Å². The second-order valence-corrected chi connectivity index (χ2v) is 8.96. The molecular formula is C20H23N3OS2. The molecule has 0 fully saturated rings. The molecular weight excluding hydrogens is 362 g/mol. The minimum absolute atomic E-state index is 0.0169. The predicted molar refractivity (Wildman–Crippen MR) is 109 cm³/mol. The zero-order valence-corrected chi connectivity index (χ0v) is 16.9. The van der Waals surface area contributed by atoms with E-state index in [2.05, 4.69) is 36.3 Å². The summed E-state index contributed by atoms with van der Waals surface area (Å²) >= 11 is 3.50. The zero-order chi connectivity index (χ0) is 18.3. The van der Waals surface area contributed by atoms with Crippen LogP contribution in [0.1, 0.15) is 41.4 Å². The molecule has 1 amide bonds. The van der Waals surface area contributed by atoms with Gasteiger partial charge in [-0.15, -0.1) is 22.7 Å². The molecule has 0 unspecified atom stereocenters. The van der Waals surface area contributed by atoms with Crippen molar-refractivity contribution in [1.82, 2.24) is 14.8 Å². The van der Waals surface area contributed by atoms with Crippen LogP contribution in [0.4, 0.5) is 0 Å². The average Bonchev–Trinajstić information content (AvgIpc) is 3.29. The number of hydrogen-bond acceptors (Lipinski definition) is 5. The van der Waals surface area contributed by atoms with Crippen LogP contribution in [0.15, 0.2) is 35.7 Å². The van der Waals surface area contributed by atoms with E-state index in [1.165, 1.54) is 15.1 Å². The van der Waals surface area contributed by atoms with Gasteiger partial charge in [0.1, 0.15) is 5.01 Å². The van der Waals surface area contributed by atoms with Gasteiger partial charge in [-0.1, -0.05) is 12.1 Å². The predicted octanol–water partition coefficient (Wildman–Crippen LogP) is 4.50. The Morgan fingerprint density at radius 2 is 2.19 bits per heavy atom. The highest BCUT2D eigenvalue weighted by Crippen LogP contribution is 2.33. The van der Waals surface area contributed by atoms with E-state index < -0.39 is 0 Å². The summed E-state index contributed by atoms with van der Waals surface area (Å²) in [6.45, 7) is 5.67. The largest absolute Gasteiger partial charge is 0.335 e. The molecule has 0 N–H and O–H groups in total. The number of benzene rings is 1. The number of likely N-dealkylation sites (N-methyl/N-ethyl adjacent to an activating group) is 1. The maximum absolute atomic E-state index is 12.9. The monoisotopic (exact) mass is 385 g/mol. The Hall–Kier alpha value is -1.76. The minimum atomic E-state index is -0.0169. The smallest absolute Gasteiger partial charge is 0.237 e. The van der Waals surface area contributed by atoms with Crippen molar-refractivity contribution < 1.29 is 4.79 Å². The molecule has 0 saturated heterocycles. The Morgan fingerprint density at radius 1 is 1.38 bits per heavy atom. The molecule has 4 nitrogen and oxygen atoms in total. The first kappa shape index (κ1) is 17.6. The van der Waals surface area contributed by atoms with E-state index in [9.17, 15) is 4.79 Å². The summed E-state index contributed by atoms with van der Waals surface area (Å²) in [4.78, 5) is 23.2. The number of fused-ring (bicyclic) bond motifs is 2. The summed E-state index contributed by atoms with van der Waals surface area (Å²) in [6, 6.07) is 10.6. The third-order valence-electron chi connectivity index (χ3n) is 5.38. The van der Waals surface area contributed by atoms with Crippen LogP contribution in [0.25, 0.3) is 10.2 Å². The molecule has 0 spiro atoms. The highest BCUT2D eigenvalue weighted by molar-refractivity contribution is 7.18. The second kappa shape index (κ2) is 7.10. The standard InChI is InChI=1S/C20H23N3OS2/c1-13-15-9-11-25-17(15)8-10-23(13)12-19(24)22(3)14(2)20-21-16-6-4-5-7-18(16)26-20/h4-7,9,11,13-14H,8,10,12H2,1-3H3/t13-,14+/m1/s1. The summed E-state index contributed by atoms with van der Waals surface area (Å²) < 4.78 is 1.17. The number of nitrogens with zero attached hydrogens (tertiary/aromatic N) is 3. The second-order valence-electron chi connectivity index (χ2n) is 6.90. The lowest BCUT2D eigenvalue weighted by molar-refractivity contribution is -0.133. The first-order valence-electron chi connectivity index (χ1n) is 8.96. The van der Waals surface area contributed by atoms with E-state index in [1.54, 1.807) is 11.3 Å². The summed E-state index contributed by atoms with van der Waals surface area (Å²) in [5, 5.41) is 3.15. The number of carbonyl (C=O) groups is 1. The van der Waals surface area contributed by atoms with Crippen molar-refractivity contribution in [2.45, 2.75) is 32.4 Å². The lowest BCUT2D eigenvalue weighted by Crippen LogP contribution is -2.42. The van der Waals surface area contributed by atoms with Crippen LogP contribution in [0.5, 0.6) is 0 Å². The number of hydrogen-bond donors (Lipinski definition) is 0. The van der Waals surface area contributed by atoms with E-state index in [-0.39, 0.29) is 11.9 Å². The number of aromatic nitrogens is 1. The van der Waals surface area contributed by atoms with Crippen LogP contribution < -0.4 is 0 Å². The topological polar surface area (TPSA) is 36.4 Å². The fourth-order valence-electron chi connectivity index (χ4n) is 3.51. The maximum Gasteiger partial charge on any atom is 0.237 e. The van der Waals surface area contributed by atoms with Gasteiger partial charge in [-0.3, -0.25) is 9.69 Å². The third kappa shape index (κ3) is 3.17. The molecule has 1 aliphatic heterocycles.